The first kappa shape index (κ1) is 17.9. The van der Waals surface area contributed by atoms with E-state index in [1.165, 1.54) is 24.9 Å². The molecule has 0 aliphatic carbocycles. The molecule has 2 aromatic carbocycles. The summed E-state index contributed by atoms with van der Waals surface area (Å²) in [4.78, 5) is 11.9. The molecule has 2 rings (SSSR count). The molecule has 0 aliphatic heterocycles. The molecule has 0 unspecified atom stereocenters. The summed E-state index contributed by atoms with van der Waals surface area (Å²) in [6.07, 6.45) is 0. The summed E-state index contributed by atoms with van der Waals surface area (Å²) in [6.45, 7) is 0. The normalized spacial score (nSPS) is 10.4. The molecule has 0 radical (unpaired) electrons. The first-order valence-electron chi connectivity index (χ1n) is 6.64. The van der Waals surface area contributed by atoms with Gasteiger partial charge in [0.2, 0.25) is 5.91 Å². The molecule has 1 amide bonds. The summed E-state index contributed by atoms with van der Waals surface area (Å²) in [7, 11) is 1.42. The molecule has 0 saturated heterocycles. The van der Waals surface area contributed by atoms with Gasteiger partial charge < -0.3 is 10.1 Å². The predicted molar refractivity (Wildman–Crippen MR) is 94.2 cm³/mol. The van der Waals surface area contributed by atoms with E-state index in [1.54, 1.807) is 30.3 Å². The van der Waals surface area contributed by atoms with Crippen molar-refractivity contribution in [1.82, 2.24) is 0 Å². The molecule has 0 saturated carbocycles. The number of rotatable bonds is 6. The van der Waals surface area contributed by atoms with Crippen molar-refractivity contribution in [2.75, 3.05) is 18.2 Å². The third kappa shape index (κ3) is 5.30. The third-order valence-corrected chi connectivity index (χ3v) is 4.47. The molecular weight excluding hydrogens is 360 g/mol. The van der Waals surface area contributed by atoms with Crippen molar-refractivity contribution in [3.8, 4) is 5.75 Å². The van der Waals surface area contributed by atoms with Gasteiger partial charge in [-0.2, -0.15) is 0 Å². The number of anilines is 1. The molecule has 122 valence electrons. The minimum absolute atomic E-state index is 0.187. The second-order valence-corrected chi connectivity index (χ2v) is 6.46. The Bertz CT molecular complexity index is 712. The maximum atomic E-state index is 13.6. The molecular formula is C16H14Cl2FNO2S. The zero-order chi connectivity index (χ0) is 16.8. The molecule has 3 nitrogen and oxygen atoms in total. The lowest BCUT2D eigenvalue weighted by Crippen LogP contribution is -2.14. The number of thioether (sulfide) groups is 1. The van der Waals surface area contributed by atoms with Gasteiger partial charge in [-0.15, -0.1) is 11.8 Å². The van der Waals surface area contributed by atoms with E-state index in [2.05, 4.69) is 5.32 Å². The maximum Gasteiger partial charge on any atom is 0.234 e. The summed E-state index contributed by atoms with van der Waals surface area (Å²) in [5.74, 6) is 0.347. The molecule has 2 aromatic rings. The van der Waals surface area contributed by atoms with Crippen molar-refractivity contribution in [1.29, 1.82) is 0 Å². The summed E-state index contributed by atoms with van der Waals surface area (Å²) in [5.41, 5.74) is 1.29. The van der Waals surface area contributed by atoms with Crippen LogP contribution in [0.2, 0.25) is 10.0 Å². The van der Waals surface area contributed by atoms with E-state index in [1.807, 2.05) is 0 Å². The van der Waals surface area contributed by atoms with Crippen LogP contribution >= 0.6 is 35.0 Å². The topological polar surface area (TPSA) is 38.3 Å². The number of amides is 1. The quantitative estimate of drug-likeness (QED) is 0.772. The molecule has 23 heavy (non-hydrogen) atoms. The van der Waals surface area contributed by atoms with Crippen LogP contribution in [0.5, 0.6) is 5.75 Å². The number of halogens is 3. The van der Waals surface area contributed by atoms with Gasteiger partial charge in [-0.25, -0.2) is 4.39 Å². The highest BCUT2D eigenvalue weighted by molar-refractivity contribution is 7.99. The lowest BCUT2D eigenvalue weighted by molar-refractivity contribution is -0.113. The van der Waals surface area contributed by atoms with Gasteiger partial charge in [0.05, 0.1) is 23.6 Å². The average Bonchev–Trinajstić information content (AvgIpc) is 2.50. The van der Waals surface area contributed by atoms with Gasteiger partial charge in [0.25, 0.3) is 0 Å². The van der Waals surface area contributed by atoms with E-state index in [9.17, 15) is 9.18 Å². The van der Waals surface area contributed by atoms with Crippen LogP contribution in [0.15, 0.2) is 36.4 Å². The standard InChI is InChI=1S/C16H14Cl2FNO2S/c1-22-15-5-2-10(6-13(15)19)8-23-9-16(21)20-14-4-3-11(17)7-12(14)18/h2-7H,8-9H2,1H3,(H,20,21). The van der Waals surface area contributed by atoms with E-state index in [0.29, 0.717) is 21.5 Å². The SMILES string of the molecule is COc1ccc(CSCC(=O)Nc2ccc(Cl)cc2Cl)cc1F. The second kappa shape index (κ2) is 8.43. The lowest BCUT2D eigenvalue weighted by atomic mass is 10.2. The Labute approximate surface area is 148 Å². The first-order valence-corrected chi connectivity index (χ1v) is 8.55. The molecule has 7 heteroatoms. The fraction of sp³-hybridized carbons (Fsp3) is 0.188. The summed E-state index contributed by atoms with van der Waals surface area (Å²) >= 11 is 13.2. The zero-order valence-corrected chi connectivity index (χ0v) is 14.6. The van der Waals surface area contributed by atoms with Crippen molar-refractivity contribution in [3.63, 3.8) is 0 Å². The fourth-order valence-electron chi connectivity index (χ4n) is 1.84. The van der Waals surface area contributed by atoms with Crippen molar-refractivity contribution < 1.29 is 13.9 Å². The number of ether oxygens (including phenoxy) is 1. The molecule has 0 heterocycles. The number of carbonyl (C=O) groups excluding carboxylic acids is 1. The van der Waals surface area contributed by atoms with E-state index < -0.39 is 5.82 Å². The average molecular weight is 374 g/mol. The van der Waals surface area contributed by atoms with E-state index in [4.69, 9.17) is 27.9 Å². The van der Waals surface area contributed by atoms with Crippen molar-refractivity contribution in [3.05, 3.63) is 57.8 Å². The Morgan fingerprint density at radius 2 is 2.04 bits per heavy atom. The van der Waals surface area contributed by atoms with Gasteiger partial charge in [0, 0.05) is 10.8 Å². The van der Waals surface area contributed by atoms with E-state index in [0.717, 1.165) is 5.56 Å². The van der Waals surface area contributed by atoms with Crippen LogP contribution in [-0.4, -0.2) is 18.8 Å². The predicted octanol–water partition coefficient (Wildman–Crippen LogP) is 5.01. The van der Waals surface area contributed by atoms with Crippen molar-refractivity contribution in [2.24, 2.45) is 0 Å². The minimum atomic E-state index is -0.414. The van der Waals surface area contributed by atoms with Gasteiger partial charge in [-0.05, 0) is 35.9 Å². The van der Waals surface area contributed by atoms with E-state index in [-0.39, 0.29) is 17.4 Å². The molecule has 0 fully saturated rings. The molecule has 0 aliphatic rings. The number of benzene rings is 2. The number of methoxy groups -OCH3 is 1. The summed E-state index contributed by atoms with van der Waals surface area (Å²) in [5, 5.41) is 3.59. The third-order valence-electron chi connectivity index (χ3n) is 2.92. The Balaban J connectivity index is 1.84. The van der Waals surface area contributed by atoms with Crippen molar-refractivity contribution >= 4 is 46.6 Å². The molecule has 0 aromatic heterocycles. The number of carbonyl (C=O) groups is 1. The molecule has 0 spiro atoms. The first-order chi connectivity index (χ1) is 11.0. The fourth-order valence-corrected chi connectivity index (χ4v) is 3.07. The van der Waals surface area contributed by atoms with Gasteiger partial charge >= 0.3 is 0 Å². The largest absolute Gasteiger partial charge is 0.494 e. The highest BCUT2D eigenvalue weighted by Crippen LogP contribution is 2.26. The van der Waals surface area contributed by atoms with Crippen LogP contribution in [0.1, 0.15) is 5.56 Å². The number of hydrogen-bond acceptors (Lipinski definition) is 3. The smallest absolute Gasteiger partial charge is 0.234 e. The van der Waals surface area contributed by atoms with Crippen LogP contribution < -0.4 is 10.1 Å². The summed E-state index contributed by atoms with van der Waals surface area (Å²) < 4.78 is 18.4. The highest BCUT2D eigenvalue weighted by atomic mass is 35.5. The molecule has 1 N–H and O–H groups in total. The monoisotopic (exact) mass is 373 g/mol. The molecule has 0 atom stereocenters. The van der Waals surface area contributed by atoms with E-state index >= 15 is 0 Å². The van der Waals surface area contributed by atoms with Crippen molar-refractivity contribution in [2.45, 2.75) is 5.75 Å². The lowest BCUT2D eigenvalue weighted by Gasteiger charge is -2.08. The number of nitrogens with one attached hydrogen (secondary N) is 1. The zero-order valence-electron chi connectivity index (χ0n) is 12.2. The van der Waals surface area contributed by atoms with Crippen LogP contribution in [0.3, 0.4) is 0 Å². The Morgan fingerprint density at radius 1 is 1.26 bits per heavy atom. The van der Waals surface area contributed by atoms with Crippen LogP contribution in [0.25, 0.3) is 0 Å². The van der Waals surface area contributed by atoms with Crippen LogP contribution in [-0.2, 0) is 10.5 Å². The molecule has 0 bridgehead atoms. The highest BCUT2D eigenvalue weighted by Gasteiger charge is 2.08. The van der Waals surface area contributed by atoms with Gasteiger partial charge in [-0.1, -0.05) is 29.3 Å². The summed E-state index contributed by atoms with van der Waals surface area (Å²) in [6, 6.07) is 9.59. The van der Waals surface area contributed by atoms with Gasteiger partial charge in [0.15, 0.2) is 11.6 Å². The minimum Gasteiger partial charge on any atom is -0.494 e. The van der Waals surface area contributed by atoms with Gasteiger partial charge in [0.1, 0.15) is 0 Å². The second-order valence-electron chi connectivity index (χ2n) is 4.63. The number of hydrogen-bond donors (Lipinski definition) is 1. The maximum absolute atomic E-state index is 13.6. The Hall–Kier alpha value is -1.43. The van der Waals surface area contributed by atoms with Crippen LogP contribution in [0, 0.1) is 5.82 Å². The Morgan fingerprint density at radius 3 is 2.70 bits per heavy atom. The van der Waals surface area contributed by atoms with Crippen LogP contribution in [0.4, 0.5) is 10.1 Å². The Kier molecular flexibility index (Phi) is 6.57. The van der Waals surface area contributed by atoms with Gasteiger partial charge in [-0.3, -0.25) is 4.79 Å².